The van der Waals surface area contributed by atoms with Crippen LogP contribution in [0.1, 0.15) is 11.1 Å². The molecule has 0 unspecified atom stereocenters. The van der Waals surface area contributed by atoms with Crippen LogP contribution in [0.3, 0.4) is 0 Å². The standard InChI is InChI=1S/C41H27F3N4/c1-26-16-23-37-34(24-26)33-14-8-9-15-36(33)48(37)31-21-22-32(27-17-19-30(20-18-27)41(42,43)44)35(25-31)40-46-38(28-10-4-2-5-11-28)45-39(47-40)29-12-6-3-7-13-29/h2-25H,1H3. The van der Waals surface area contributed by atoms with Gasteiger partial charge in [0.25, 0.3) is 0 Å². The number of aromatic nitrogens is 4. The van der Waals surface area contributed by atoms with Crippen LogP contribution >= 0.6 is 0 Å². The molecule has 232 valence electrons. The molecule has 2 aromatic heterocycles. The largest absolute Gasteiger partial charge is 0.416 e. The summed E-state index contributed by atoms with van der Waals surface area (Å²) >= 11 is 0. The van der Waals surface area contributed by atoms with E-state index in [9.17, 15) is 13.2 Å². The van der Waals surface area contributed by atoms with Gasteiger partial charge in [-0.05, 0) is 60.5 Å². The van der Waals surface area contributed by atoms with Crippen LogP contribution in [0.2, 0.25) is 0 Å². The second-order valence-electron chi connectivity index (χ2n) is 11.7. The fraction of sp³-hybridized carbons (Fsp3) is 0.0488. The highest BCUT2D eigenvalue weighted by molar-refractivity contribution is 6.09. The van der Waals surface area contributed by atoms with Crippen molar-refractivity contribution < 1.29 is 13.2 Å². The van der Waals surface area contributed by atoms with Crippen molar-refractivity contribution in [2.75, 3.05) is 0 Å². The van der Waals surface area contributed by atoms with E-state index in [0.29, 0.717) is 34.2 Å². The number of para-hydroxylation sites is 1. The Balaban J connectivity index is 1.41. The third-order valence-electron chi connectivity index (χ3n) is 8.55. The predicted octanol–water partition coefficient (Wildman–Crippen LogP) is 11.0. The topological polar surface area (TPSA) is 43.6 Å². The minimum absolute atomic E-state index is 0.413. The van der Waals surface area contributed by atoms with E-state index in [4.69, 9.17) is 15.0 Å². The van der Waals surface area contributed by atoms with Gasteiger partial charge < -0.3 is 4.57 Å². The zero-order valence-electron chi connectivity index (χ0n) is 25.8. The number of hydrogen-bond donors (Lipinski definition) is 0. The quantitative estimate of drug-likeness (QED) is 0.190. The molecular formula is C41H27F3N4. The maximum atomic E-state index is 13.5. The highest BCUT2D eigenvalue weighted by Gasteiger charge is 2.30. The number of alkyl halides is 3. The minimum atomic E-state index is -4.44. The molecule has 0 atom stereocenters. The summed E-state index contributed by atoms with van der Waals surface area (Å²) in [7, 11) is 0. The summed E-state index contributed by atoms with van der Waals surface area (Å²) in [6.07, 6.45) is -4.44. The van der Waals surface area contributed by atoms with E-state index in [2.05, 4.69) is 41.8 Å². The summed E-state index contributed by atoms with van der Waals surface area (Å²) in [5.41, 5.74) is 7.04. The number of nitrogens with zero attached hydrogens (tertiary/aromatic N) is 4. The van der Waals surface area contributed by atoms with Gasteiger partial charge in [0.15, 0.2) is 17.5 Å². The van der Waals surface area contributed by atoms with Gasteiger partial charge in [0.2, 0.25) is 0 Å². The van der Waals surface area contributed by atoms with E-state index in [1.165, 1.54) is 12.1 Å². The SMILES string of the molecule is Cc1ccc2c(c1)c1ccccc1n2-c1ccc(-c2ccc(C(F)(F)F)cc2)c(-c2nc(-c3ccccc3)nc(-c3ccccc3)n2)c1. The molecule has 2 heterocycles. The molecule has 0 amide bonds. The maximum Gasteiger partial charge on any atom is 0.416 e. The Bertz CT molecular complexity index is 2370. The summed E-state index contributed by atoms with van der Waals surface area (Å²) in [5.74, 6) is 1.40. The number of benzene rings is 6. The lowest BCUT2D eigenvalue weighted by Crippen LogP contribution is -2.04. The van der Waals surface area contributed by atoms with Crippen LogP contribution in [-0.4, -0.2) is 19.5 Å². The molecule has 48 heavy (non-hydrogen) atoms. The first-order valence-corrected chi connectivity index (χ1v) is 15.5. The summed E-state index contributed by atoms with van der Waals surface area (Å²) in [5, 5.41) is 2.26. The lowest BCUT2D eigenvalue weighted by Gasteiger charge is -2.16. The molecule has 0 saturated carbocycles. The van der Waals surface area contributed by atoms with Crippen molar-refractivity contribution in [3.8, 4) is 51.0 Å². The highest BCUT2D eigenvalue weighted by atomic mass is 19.4. The smallest absolute Gasteiger partial charge is 0.309 e. The van der Waals surface area contributed by atoms with E-state index in [1.807, 2.05) is 91.0 Å². The molecule has 0 aliphatic heterocycles. The number of fused-ring (bicyclic) bond motifs is 3. The molecule has 0 fully saturated rings. The van der Waals surface area contributed by atoms with Gasteiger partial charge in [0.05, 0.1) is 16.6 Å². The second-order valence-corrected chi connectivity index (χ2v) is 11.7. The molecule has 4 nitrogen and oxygen atoms in total. The molecule has 6 aromatic carbocycles. The lowest BCUT2D eigenvalue weighted by atomic mass is 9.97. The van der Waals surface area contributed by atoms with Crippen molar-refractivity contribution in [3.63, 3.8) is 0 Å². The number of halogens is 3. The molecule has 0 radical (unpaired) electrons. The van der Waals surface area contributed by atoms with Crippen molar-refractivity contribution >= 4 is 21.8 Å². The Labute approximate surface area is 274 Å². The number of hydrogen-bond acceptors (Lipinski definition) is 3. The van der Waals surface area contributed by atoms with E-state index in [-0.39, 0.29) is 0 Å². The van der Waals surface area contributed by atoms with Crippen LogP contribution in [0.25, 0.3) is 72.8 Å². The molecule has 0 spiro atoms. The summed E-state index contributed by atoms with van der Waals surface area (Å²) < 4.78 is 42.8. The first kappa shape index (κ1) is 29.3. The molecule has 8 aromatic rings. The Morgan fingerprint density at radius 1 is 0.479 bits per heavy atom. The normalized spacial score (nSPS) is 11.8. The third-order valence-corrected chi connectivity index (χ3v) is 8.55. The van der Waals surface area contributed by atoms with Crippen molar-refractivity contribution in [1.82, 2.24) is 19.5 Å². The highest BCUT2D eigenvalue weighted by Crippen LogP contribution is 2.39. The van der Waals surface area contributed by atoms with Gasteiger partial charge in [-0.3, -0.25) is 0 Å². The Morgan fingerprint density at radius 3 is 1.71 bits per heavy atom. The Morgan fingerprint density at radius 2 is 1.06 bits per heavy atom. The van der Waals surface area contributed by atoms with Gasteiger partial charge in [-0.25, -0.2) is 15.0 Å². The second kappa shape index (κ2) is 11.6. The first-order valence-electron chi connectivity index (χ1n) is 15.5. The average Bonchev–Trinajstić information content (AvgIpc) is 3.45. The molecule has 0 saturated heterocycles. The summed E-state index contributed by atoms with van der Waals surface area (Å²) in [4.78, 5) is 14.8. The van der Waals surface area contributed by atoms with Crippen molar-refractivity contribution in [2.24, 2.45) is 0 Å². The number of aryl methyl sites for hydroxylation is 1. The Kier molecular flexibility index (Phi) is 7.10. The monoisotopic (exact) mass is 632 g/mol. The van der Waals surface area contributed by atoms with Gasteiger partial charge in [-0.1, -0.05) is 109 Å². The van der Waals surface area contributed by atoms with Crippen LogP contribution in [0.5, 0.6) is 0 Å². The fourth-order valence-corrected chi connectivity index (χ4v) is 6.24. The predicted molar refractivity (Wildman–Crippen MR) is 186 cm³/mol. The zero-order valence-corrected chi connectivity index (χ0v) is 25.8. The first-order chi connectivity index (χ1) is 23.3. The third kappa shape index (κ3) is 5.29. The van der Waals surface area contributed by atoms with E-state index >= 15 is 0 Å². The fourth-order valence-electron chi connectivity index (χ4n) is 6.24. The molecule has 0 bridgehead atoms. The van der Waals surface area contributed by atoms with Crippen molar-refractivity contribution in [2.45, 2.75) is 13.1 Å². The van der Waals surface area contributed by atoms with E-state index in [1.54, 1.807) is 0 Å². The zero-order chi connectivity index (χ0) is 32.8. The average molecular weight is 633 g/mol. The van der Waals surface area contributed by atoms with Crippen LogP contribution in [0.15, 0.2) is 146 Å². The van der Waals surface area contributed by atoms with Crippen molar-refractivity contribution in [3.05, 3.63) is 157 Å². The van der Waals surface area contributed by atoms with Crippen molar-refractivity contribution in [1.29, 1.82) is 0 Å². The molecule has 0 aliphatic rings. The summed E-state index contributed by atoms with van der Waals surface area (Å²) in [6.45, 7) is 2.08. The van der Waals surface area contributed by atoms with Gasteiger partial charge >= 0.3 is 6.18 Å². The number of rotatable bonds is 5. The van der Waals surface area contributed by atoms with Crippen LogP contribution < -0.4 is 0 Å². The minimum Gasteiger partial charge on any atom is -0.309 e. The van der Waals surface area contributed by atoms with Crippen LogP contribution in [-0.2, 0) is 6.18 Å². The molecular weight excluding hydrogens is 605 g/mol. The maximum absolute atomic E-state index is 13.5. The van der Waals surface area contributed by atoms with Gasteiger partial charge in [-0.15, -0.1) is 0 Å². The van der Waals surface area contributed by atoms with Crippen LogP contribution in [0, 0.1) is 6.92 Å². The lowest BCUT2D eigenvalue weighted by molar-refractivity contribution is -0.137. The van der Waals surface area contributed by atoms with Gasteiger partial charge in [0.1, 0.15) is 0 Å². The summed E-state index contributed by atoms with van der Waals surface area (Å²) in [6, 6.07) is 45.2. The van der Waals surface area contributed by atoms with E-state index < -0.39 is 11.7 Å². The van der Waals surface area contributed by atoms with E-state index in [0.717, 1.165) is 56.3 Å². The molecule has 0 N–H and O–H groups in total. The molecule has 0 aliphatic carbocycles. The molecule has 8 rings (SSSR count). The van der Waals surface area contributed by atoms with Crippen LogP contribution in [0.4, 0.5) is 13.2 Å². The molecule has 7 heteroatoms. The van der Waals surface area contributed by atoms with Gasteiger partial charge in [0, 0.05) is 33.2 Å². The van der Waals surface area contributed by atoms with Gasteiger partial charge in [-0.2, -0.15) is 13.2 Å². The Hall–Kier alpha value is -6.08.